The molecular weight excluding hydrogens is 214 g/mol. The number of methoxy groups -OCH3 is 1. The molecule has 0 aliphatic heterocycles. The van der Waals surface area contributed by atoms with E-state index in [-0.39, 0.29) is 5.97 Å². The Morgan fingerprint density at radius 3 is 2.65 bits per heavy atom. The van der Waals surface area contributed by atoms with Crippen molar-refractivity contribution >= 4 is 5.97 Å². The van der Waals surface area contributed by atoms with E-state index in [0.717, 1.165) is 5.92 Å². The van der Waals surface area contributed by atoms with Gasteiger partial charge in [-0.2, -0.15) is 0 Å². The van der Waals surface area contributed by atoms with Crippen LogP contribution in [0.2, 0.25) is 0 Å². The molecule has 2 bridgehead atoms. The predicted octanol–water partition coefficient (Wildman–Crippen LogP) is 2.48. The summed E-state index contributed by atoms with van der Waals surface area (Å²) in [5, 5.41) is 3.43. The number of esters is 1. The SMILES string of the molecule is COC(=O)/C=C/NC1C2(C)CCC(C2)C1(C)C. The number of hydrogen-bond acceptors (Lipinski definition) is 3. The first-order valence-electron chi connectivity index (χ1n) is 6.41. The molecule has 0 amide bonds. The van der Waals surface area contributed by atoms with Gasteiger partial charge in [-0.05, 0) is 36.0 Å². The predicted molar refractivity (Wildman–Crippen MR) is 67.3 cm³/mol. The van der Waals surface area contributed by atoms with Gasteiger partial charge in [-0.3, -0.25) is 0 Å². The fourth-order valence-corrected chi connectivity index (χ4v) is 4.00. The molecule has 1 N–H and O–H groups in total. The first-order valence-corrected chi connectivity index (χ1v) is 6.41. The Kier molecular flexibility index (Phi) is 2.96. The van der Waals surface area contributed by atoms with Crippen LogP contribution in [0.1, 0.15) is 40.0 Å². The van der Waals surface area contributed by atoms with E-state index in [1.807, 2.05) is 0 Å². The average molecular weight is 237 g/mol. The molecule has 2 fully saturated rings. The van der Waals surface area contributed by atoms with Gasteiger partial charge in [0.15, 0.2) is 0 Å². The van der Waals surface area contributed by atoms with Gasteiger partial charge in [0.05, 0.1) is 7.11 Å². The van der Waals surface area contributed by atoms with Crippen LogP contribution in [-0.2, 0) is 9.53 Å². The monoisotopic (exact) mass is 237 g/mol. The van der Waals surface area contributed by atoms with Crippen LogP contribution in [0.25, 0.3) is 0 Å². The summed E-state index contributed by atoms with van der Waals surface area (Å²) < 4.78 is 4.59. The van der Waals surface area contributed by atoms with Crippen molar-refractivity contribution in [1.29, 1.82) is 0 Å². The number of fused-ring (bicyclic) bond motifs is 2. The lowest BCUT2D eigenvalue weighted by Crippen LogP contribution is -2.48. The highest BCUT2D eigenvalue weighted by atomic mass is 16.5. The quantitative estimate of drug-likeness (QED) is 0.605. The molecule has 96 valence electrons. The zero-order valence-electron chi connectivity index (χ0n) is 11.2. The van der Waals surface area contributed by atoms with Crippen molar-refractivity contribution in [3.05, 3.63) is 12.3 Å². The van der Waals surface area contributed by atoms with E-state index in [2.05, 4.69) is 30.8 Å². The van der Waals surface area contributed by atoms with Crippen LogP contribution in [0.4, 0.5) is 0 Å². The zero-order valence-corrected chi connectivity index (χ0v) is 11.2. The van der Waals surface area contributed by atoms with Gasteiger partial charge >= 0.3 is 5.97 Å². The second-order valence-electron chi connectivity index (χ2n) is 6.37. The summed E-state index contributed by atoms with van der Waals surface area (Å²) in [6.45, 7) is 7.04. The Balaban J connectivity index is 2.05. The fraction of sp³-hybridized carbons (Fsp3) is 0.786. The Labute approximate surface area is 104 Å². The highest BCUT2D eigenvalue weighted by Crippen LogP contribution is 2.62. The Morgan fingerprint density at radius 2 is 2.12 bits per heavy atom. The number of hydrogen-bond donors (Lipinski definition) is 1. The van der Waals surface area contributed by atoms with E-state index >= 15 is 0 Å². The highest BCUT2D eigenvalue weighted by molar-refractivity contribution is 5.81. The summed E-state index contributed by atoms with van der Waals surface area (Å²) in [7, 11) is 1.40. The van der Waals surface area contributed by atoms with E-state index < -0.39 is 0 Å². The van der Waals surface area contributed by atoms with E-state index in [1.165, 1.54) is 32.4 Å². The van der Waals surface area contributed by atoms with Crippen molar-refractivity contribution < 1.29 is 9.53 Å². The molecule has 0 aromatic carbocycles. The number of carbonyl (C=O) groups is 1. The molecule has 3 heteroatoms. The maximum atomic E-state index is 11.0. The van der Waals surface area contributed by atoms with Crippen molar-refractivity contribution in [3.8, 4) is 0 Å². The summed E-state index contributed by atoms with van der Waals surface area (Å²) >= 11 is 0. The van der Waals surface area contributed by atoms with E-state index in [9.17, 15) is 4.79 Å². The molecule has 3 nitrogen and oxygen atoms in total. The maximum absolute atomic E-state index is 11.0. The van der Waals surface area contributed by atoms with Gasteiger partial charge in [-0.1, -0.05) is 20.8 Å². The van der Waals surface area contributed by atoms with Gasteiger partial charge in [0, 0.05) is 18.3 Å². The summed E-state index contributed by atoms with van der Waals surface area (Å²) in [5.41, 5.74) is 0.697. The van der Waals surface area contributed by atoms with Gasteiger partial charge in [0.1, 0.15) is 0 Å². The summed E-state index contributed by atoms with van der Waals surface area (Å²) in [6, 6.07) is 0.453. The van der Waals surface area contributed by atoms with Gasteiger partial charge in [0.25, 0.3) is 0 Å². The van der Waals surface area contributed by atoms with Gasteiger partial charge in [-0.15, -0.1) is 0 Å². The van der Waals surface area contributed by atoms with E-state index in [1.54, 1.807) is 6.20 Å². The summed E-state index contributed by atoms with van der Waals surface area (Å²) in [4.78, 5) is 11.0. The molecule has 17 heavy (non-hydrogen) atoms. The van der Waals surface area contributed by atoms with Gasteiger partial charge in [-0.25, -0.2) is 4.79 Å². The Morgan fingerprint density at radius 1 is 1.41 bits per heavy atom. The largest absolute Gasteiger partial charge is 0.466 e. The van der Waals surface area contributed by atoms with Crippen molar-refractivity contribution in [2.75, 3.05) is 7.11 Å². The van der Waals surface area contributed by atoms with Crippen molar-refractivity contribution in [1.82, 2.24) is 5.32 Å². The second-order valence-corrected chi connectivity index (χ2v) is 6.37. The molecule has 0 saturated heterocycles. The molecule has 2 saturated carbocycles. The molecule has 0 spiro atoms. The average Bonchev–Trinajstić information content (AvgIpc) is 2.73. The molecule has 0 heterocycles. The van der Waals surface area contributed by atoms with Crippen LogP contribution in [0.5, 0.6) is 0 Å². The van der Waals surface area contributed by atoms with Crippen LogP contribution >= 0.6 is 0 Å². The summed E-state index contributed by atoms with van der Waals surface area (Å²) in [6.07, 6.45) is 7.17. The van der Waals surface area contributed by atoms with Gasteiger partial charge in [0.2, 0.25) is 0 Å². The second kappa shape index (κ2) is 4.04. The highest BCUT2D eigenvalue weighted by Gasteiger charge is 2.58. The van der Waals surface area contributed by atoms with Crippen molar-refractivity contribution in [2.45, 2.75) is 46.1 Å². The number of rotatable bonds is 3. The van der Waals surface area contributed by atoms with Crippen molar-refractivity contribution in [3.63, 3.8) is 0 Å². The Hall–Kier alpha value is -0.990. The third-order valence-corrected chi connectivity index (χ3v) is 4.95. The lowest BCUT2D eigenvalue weighted by Gasteiger charge is -2.42. The van der Waals surface area contributed by atoms with E-state index in [4.69, 9.17) is 0 Å². The molecule has 2 aliphatic carbocycles. The topological polar surface area (TPSA) is 38.3 Å². The van der Waals surface area contributed by atoms with Crippen LogP contribution in [-0.4, -0.2) is 19.1 Å². The van der Waals surface area contributed by atoms with E-state index in [0.29, 0.717) is 16.9 Å². The molecule has 2 aliphatic rings. The molecular formula is C14H23NO2. The molecule has 3 unspecified atom stereocenters. The minimum absolute atomic E-state index is 0.302. The van der Waals surface area contributed by atoms with Crippen LogP contribution in [0.15, 0.2) is 12.3 Å². The third-order valence-electron chi connectivity index (χ3n) is 4.95. The van der Waals surface area contributed by atoms with Crippen molar-refractivity contribution in [2.24, 2.45) is 16.7 Å². The lowest BCUT2D eigenvalue weighted by atomic mass is 9.68. The fourth-order valence-electron chi connectivity index (χ4n) is 4.00. The number of carbonyl (C=O) groups excluding carboxylic acids is 1. The molecule has 0 aromatic rings. The smallest absolute Gasteiger partial charge is 0.331 e. The number of ether oxygens (including phenoxy) is 1. The zero-order chi connectivity index (χ0) is 12.7. The first-order chi connectivity index (χ1) is 7.90. The van der Waals surface area contributed by atoms with Gasteiger partial charge < -0.3 is 10.1 Å². The minimum atomic E-state index is -0.302. The first kappa shape index (κ1) is 12.5. The standard InChI is InChI=1S/C14H23NO2/c1-13(2)10-5-7-14(3,9-10)12(13)15-8-6-11(16)17-4/h6,8,10,12,15H,5,7,9H2,1-4H3/b8-6+. The summed E-state index contributed by atoms with van der Waals surface area (Å²) in [5.74, 6) is 0.514. The Bertz CT molecular complexity index is 343. The minimum Gasteiger partial charge on any atom is -0.466 e. The molecule has 0 radical (unpaired) electrons. The van der Waals surface area contributed by atoms with Crippen LogP contribution in [0, 0.1) is 16.7 Å². The lowest BCUT2D eigenvalue weighted by molar-refractivity contribution is -0.134. The van der Waals surface area contributed by atoms with Crippen LogP contribution < -0.4 is 5.32 Å². The van der Waals surface area contributed by atoms with Crippen LogP contribution in [0.3, 0.4) is 0 Å². The molecule has 3 atom stereocenters. The molecule has 2 rings (SSSR count). The number of nitrogens with one attached hydrogen (secondary N) is 1. The maximum Gasteiger partial charge on any atom is 0.331 e. The third kappa shape index (κ3) is 1.96. The molecule has 0 aromatic heterocycles. The normalized spacial score (nSPS) is 38.6.